The van der Waals surface area contributed by atoms with E-state index in [9.17, 15) is 28.7 Å². The summed E-state index contributed by atoms with van der Waals surface area (Å²) >= 11 is 1.46. The number of methoxy groups -OCH3 is 1. The molecule has 5 atom stereocenters. The number of allylic oxidation sites excluding steroid dienone is 1. The van der Waals surface area contributed by atoms with E-state index in [0.29, 0.717) is 40.2 Å². The molecule has 14 nitrogen and oxygen atoms in total. The highest BCUT2D eigenvalue weighted by atomic mass is 32.1. The van der Waals surface area contributed by atoms with E-state index >= 15 is 0 Å². The first-order valence-corrected chi connectivity index (χ1v) is 22.2. The van der Waals surface area contributed by atoms with Gasteiger partial charge in [0.2, 0.25) is 11.8 Å². The first-order valence-electron chi connectivity index (χ1n) is 21.3. The Kier molecular flexibility index (Phi) is 15.2. The maximum absolute atomic E-state index is 14.2. The van der Waals surface area contributed by atoms with Crippen molar-refractivity contribution in [3.05, 3.63) is 77.4 Å². The summed E-state index contributed by atoms with van der Waals surface area (Å²) in [5.41, 5.74) is 1.19. The van der Waals surface area contributed by atoms with Crippen LogP contribution in [0.2, 0.25) is 0 Å². The molecule has 2 unspecified atom stereocenters. The number of unbranched alkanes of at least 4 members (excludes halogenated alkanes) is 3. The van der Waals surface area contributed by atoms with Crippen LogP contribution >= 0.6 is 11.3 Å². The Balaban J connectivity index is 1.22. The van der Waals surface area contributed by atoms with Crippen molar-refractivity contribution in [2.75, 3.05) is 32.1 Å². The predicted octanol–water partition coefficient (Wildman–Crippen LogP) is 6.89. The van der Waals surface area contributed by atoms with Gasteiger partial charge < -0.3 is 40.7 Å². The molecule has 2 fully saturated rings. The zero-order valence-corrected chi connectivity index (χ0v) is 37.0. The number of thiazole rings is 1. The number of ether oxygens (including phenoxy) is 2. The lowest BCUT2D eigenvalue weighted by Crippen LogP contribution is -2.54. The smallest absolute Gasteiger partial charge is 0.315 e. The number of fused-ring (bicyclic) bond motifs is 1. The number of aliphatic hydroxyl groups is 1. The summed E-state index contributed by atoms with van der Waals surface area (Å²) in [6, 6.07) is 9.79. The number of rotatable bonds is 20. The molecule has 6 rings (SSSR count). The number of nitrogens with one attached hydrogen (secondary N) is 4. The average molecular weight is 872 g/mol. The van der Waals surface area contributed by atoms with Crippen LogP contribution < -0.4 is 30.7 Å². The molecule has 0 bridgehead atoms. The first-order chi connectivity index (χ1) is 29.7. The van der Waals surface area contributed by atoms with E-state index < -0.39 is 59.7 Å². The van der Waals surface area contributed by atoms with E-state index in [-0.39, 0.29) is 43.0 Å². The highest BCUT2D eigenvalue weighted by Gasteiger charge is 2.55. The number of aliphatic hydroxyl groups excluding tert-OH is 1. The van der Waals surface area contributed by atoms with Crippen LogP contribution in [0.25, 0.3) is 22.3 Å². The van der Waals surface area contributed by atoms with Gasteiger partial charge in [-0.15, -0.1) is 11.3 Å². The quantitative estimate of drug-likeness (QED) is 0.0356. The highest BCUT2D eigenvalue weighted by molar-refractivity contribution is 7.14. The molecular weight excluding hydrogens is 814 g/mol. The molecular formula is C46H58FN7O7S. The van der Waals surface area contributed by atoms with Crippen LogP contribution in [-0.4, -0.2) is 100 Å². The molecule has 0 spiro atoms. The third-order valence-electron chi connectivity index (χ3n) is 11.2. The van der Waals surface area contributed by atoms with Gasteiger partial charge in [-0.05, 0) is 75.4 Å². The Morgan fingerprint density at radius 2 is 1.82 bits per heavy atom. The lowest BCUT2D eigenvalue weighted by molar-refractivity contribution is -0.138. The van der Waals surface area contributed by atoms with Gasteiger partial charge in [0.1, 0.15) is 35.2 Å². The SMILES string of the molecule is CCCCC/C=C\C1C[C@@]1(CO)NC(=O)[C@@H]1CC(Oc2cc(-c3csc(NC(C)C)n3)nc3cc(OC)ccc23)CN1C(=O)CNC(=O)N[C@H](C(=O)c1ccc(F)cc1)C(C)C. The van der Waals surface area contributed by atoms with Gasteiger partial charge in [0, 0.05) is 46.8 Å². The second-order valence-electron chi connectivity index (χ2n) is 16.7. The molecule has 1 saturated heterocycles. The Bertz CT molecular complexity index is 2250. The summed E-state index contributed by atoms with van der Waals surface area (Å²) in [6.45, 7) is 9.00. The fraction of sp³-hybridized carbons (Fsp3) is 0.478. The number of hydrogen-bond donors (Lipinski definition) is 5. The number of pyridine rings is 1. The molecule has 1 saturated carbocycles. The summed E-state index contributed by atoms with van der Waals surface area (Å²) in [5.74, 6) is -1.17. The third kappa shape index (κ3) is 11.3. The van der Waals surface area contributed by atoms with Crippen molar-refractivity contribution in [2.24, 2.45) is 11.8 Å². The van der Waals surface area contributed by atoms with Crippen LogP contribution in [0.3, 0.4) is 0 Å². The van der Waals surface area contributed by atoms with E-state index in [1.54, 1.807) is 39.2 Å². The number of carbonyl (C=O) groups is 4. The second kappa shape index (κ2) is 20.5. The van der Waals surface area contributed by atoms with Gasteiger partial charge in [0.05, 0.1) is 49.6 Å². The van der Waals surface area contributed by atoms with Crippen molar-refractivity contribution in [1.29, 1.82) is 0 Å². The van der Waals surface area contributed by atoms with Crippen LogP contribution in [0, 0.1) is 17.7 Å². The standard InChI is InChI=1S/C46H58FN7O7S/c1-7-8-9-10-11-12-30-22-46(30,26-55)53-43(58)38-20-33(24-54(38)40(56)23-48-44(59)52-41(27(2)3)42(57)29-13-15-31(47)16-14-29)61-39-21-36(37-25-62-45(51-37)49-28(4)5)50-35-19-32(60-6)17-18-34(35)39/h11-19,21,25,27-28,30,33,38,41,55H,7-10,20,22-24,26H2,1-6H3,(H,49,51)(H,53,58)(H2,48,52,59)/b12-11-/t30?,33?,38-,41-,46-/m0/s1. The minimum Gasteiger partial charge on any atom is -0.497 e. The maximum Gasteiger partial charge on any atom is 0.315 e. The Hall–Kier alpha value is -5.61. The zero-order chi connectivity index (χ0) is 44.6. The average Bonchev–Trinajstić information content (AvgIpc) is 3.50. The van der Waals surface area contributed by atoms with Crippen molar-refractivity contribution in [2.45, 2.75) is 103 Å². The number of amides is 4. The second-order valence-corrected chi connectivity index (χ2v) is 17.6. The summed E-state index contributed by atoms with van der Waals surface area (Å²) < 4.78 is 25.7. The van der Waals surface area contributed by atoms with Crippen LogP contribution in [0.1, 0.15) is 83.5 Å². The van der Waals surface area contributed by atoms with Gasteiger partial charge in [-0.2, -0.15) is 0 Å². The Labute approximate surface area is 366 Å². The van der Waals surface area contributed by atoms with Crippen LogP contribution in [0.4, 0.5) is 14.3 Å². The molecule has 1 aliphatic carbocycles. The predicted molar refractivity (Wildman–Crippen MR) is 238 cm³/mol. The number of hydrogen-bond acceptors (Lipinski definition) is 11. The number of urea groups is 1. The molecule has 3 heterocycles. The number of carbonyl (C=O) groups excluding carboxylic acids is 4. The Morgan fingerprint density at radius 3 is 2.52 bits per heavy atom. The van der Waals surface area contributed by atoms with Gasteiger partial charge in [-0.25, -0.2) is 19.2 Å². The monoisotopic (exact) mass is 871 g/mol. The summed E-state index contributed by atoms with van der Waals surface area (Å²) in [4.78, 5) is 65.8. The fourth-order valence-electron chi connectivity index (χ4n) is 7.65. The molecule has 4 amide bonds. The van der Waals surface area contributed by atoms with Crippen LogP contribution in [0.5, 0.6) is 11.5 Å². The van der Waals surface area contributed by atoms with E-state index in [1.165, 1.54) is 40.5 Å². The fourth-order valence-corrected chi connectivity index (χ4v) is 8.51. The molecule has 16 heteroatoms. The van der Waals surface area contributed by atoms with Crippen LogP contribution in [0.15, 0.2) is 66.1 Å². The number of benzene rings is 2. The minimum absolute atomic E-state index is 0.0131. The molecule has 332 valence electrons. The molecule has 5 N–H and O–H groups in total. The molecule has 2 aromatic carbocycles. The lowest BCUT2D eigenvalue weighted by Gasteiger charge is -2.26. The number of Topliss-reactive ketones (excluding diaryl/α,β-unsaturated/α-hetero) is 1. The highest BCUT2D eigenvalue weighted by Crippen LogP contribution is 2.45. The number of nitrogens with zero attached hydrogens (tertiary/aromatic N) is 3. The Morgan fingerprint density at radius 1 is 1.05 bits per heavy atom. The molecule has 0 radical (unpaired) electrons. The van der Waals surface area contributed by atoms with Gasteiger partial charge in [0.15, 0.2) is 10.9 Å². The molecule has 62 heavy (non-hydrogen) atoms. The van der Waals surface area contributed by atoms with Gasteiger partial charge >= 0.3 is 6.03 Å². The van der Waals surface area contributed by atoms with E-state index in [2.05, 4.69) is 40.3 Å². The zero-order valence-electron chi connectivity index (χ0n) is 36.2. The van der Waals surface area contributed by atoms with Gasteiger partial charge in [-0.1, -0.05) is 45.8 Å². The first kappa shape index (κ1) is 45.9. The number of likely N-dealkylation sites (tertiary alicyclic amines) is 1. The van der Waals surface area contributed by atoms with Crippen molar-refractivity contribution in [1.82, 2.24) is 30.8 Å². The summed E-state index contributed by atoms with van der Waals surface area (Å²) in [5, 5.41) is 25.5. The molecule has 1 aliphatic heterocycles. The van der Waals surface area contributed by atoms with E-state index in [0.717, 1.165) is 30.8 Å². The summed E-state index contributed by atoms with van der Waals surface area (Å²) in [7, 11) is 1.57. The number of halogens is 1. The van der Waals surface area contributed by atoms with E-state index in [4.69, 9.17) is 19.4 Å². The molecule has 2 aromatic heterocycles. The number of anilines is 1. The van der Waals surface area contributed by atoms with Crippen molar-refractivity contribution < 1.29 is 38.1 Å². The van der Waals surface area contributed by atoms with Gasteiger partial charge in [0.25, 0.3) is 0 Å². The normalized spacial score (nSPS) is 20.1. The largest absolute Gasteiger partial charge is 0.497 e. The number of aromatic nitrogens is 2. The maximum atomic E-state index is 14.2. The topological polar surface area (TPSA) is 184 Å². The van der Waals surface area contributed by atoms with Crippen molar-refractivity contribution >= 4 is 51.0 Å². The van der Waals surface area contributed by atoms with Crippen molar-refractivity contribution in [3.63, 3.8) is 0 Å². The molecule has 2 aliphatic rings. The summed E-state index contributed by atoms with van der Waals surface area (Å²) in [6.07, 6.45) is 8.40. The third-order valence-corrected chi connectivity index (χ3v) is 12.0. The van der Waals surface area contributed by atoms with E-state index in [1.807, 2.05) is 25.3 Å². The van der Waals surface area contributed by atoms with Crippen LogP contribution in [-0.2, 0) is 9.59 Å². The number of ketones is 1. The lowest BCUT2D eigenvalue weighted by atomic mass is 9.95. The van der Waals surface area contributed by atoms with Crippen molar-refractivity contribution in [3.8, 4) is 22.9 Å². The van der Waals surface area contributed by atoms with Gasteiger partial charge in [-0.3, -0.25) is 14.4 Å². The molecule has 4 aromatic rings. The minimum atomic E-state index is -0.991.